The van der Waals surface area contributed by atoms with E-state index < -0.39 is 15.9 Å². The molecular weight excluding hydrogens is 414 g/mol. The predicted octanol–water partition coefficient (Wildman–Crippen LogP) is 3.13. The highest BCUT2D eigenvalue weighted by Crippen LogP contribution is 2.31. The third-order valence-electron chi connectivity index (χ3n) is 4.05. The van der Waals surface area contributed by atoms with E-state index in [1.807, 2.05) is 0 Å². The number of anilines is 3. The van der Waals surface area contributed by atoms with Crippen LogP contribution in [0.3, 0.4) is 0 Å². The molecule has 10 heteroatoms. The minimum absolute atomic E-state index is 0.0591. The van der Waals surface area contributed by atoms with Gasteiger partial charge in [0.2, 0.25) is 0 Å². The summed E-state index contributed by atoms with van der Waals surface area (Å²) in [5, 5.41) is 7.03. The standard InChI is InChI=1S/C19H15N3O5S2/c23-17-11-27-16-8-7-12(10-15(16)21-17)20-19(24)13-4-1-2-5-14(13)22-29(25,26)18-6-3-9-28-18/h1-10,22H,11H2,(H,20,24)(H,21,23). The highest BCUT2D eigenvalue weighted by molar-refractivity contribution is 7.94. The number of amides is 2. The van der Waals surface area contributed by atoms with Crippen molar-refractivity contribution in [1.82, 2.24) is 0 Å². The van der Waals surface area contributed by atoms with E-state index in [-0.39, 0.29) is 28.0 Å². The molecule has 1 aliphatic heterocycles. The smallest absolute Gasteiger partial charge is 0.271 e. The molecule has 0 atom stereocenters. The first-order valence-corrected chi connectivity index (χ1v) is 10.8. The van der Waals surface area contributed by atoms with Gasteiger partial charge in [0, 0.05) is 5.69 Å². The lowest BCUT2D eigenvalue weighted by Gasteiger charge is -2.19. The number of benzene rings is 2. The van der Waals surface area contributed by atoms with Crippen molar-refractivity contribution in [3.05, 3.63) is 65.5 Å². The maximum Gasteiger partial charge on any atom is 0.271 e. The van der Waals surface area contributed by atoms with Crippen LogP contribution in [0.1, 0.15) is 10.4 Å². The minimum Gasteiger partial charge on any atom is -0.482 e. The molecule has 0 saturated carbocycles. The normalized spacial score (nSPS) is 13.0. The number of thiophene rings is 1. The fourth-order valence-corrected chi connectivity index (χ4v) is 4.81. The van der Waals surface area contributed by atoms with E-state index in [1.54, 1.807) is 41.8 Å². The van der Waals surface area contributed by atoms with Gasteiger partial charge in [0.15, 0.2) is 6.61 Å². The van der Waals surface area contributed by atoms with Crippen molar-refractivity contribution in [1.29, 1.82) is 0 Å². The highest BCUT2D eigenvalue weighted by Gasteiger charge is 2.20. The summed E-state index contributed by atoms with van der Waals surface area (Å²) in [5.41, 5.74) is 1.19. The maximum absolute atomic E-state index is 12.8. The summed E-state index contributed by atoms with van der Waals surface area (Å²) in [6.07, 6.45) is 0. The first kappa shape index (κ1) is 19.0. The molecule has 0 spiro atoms. The van der Waals surface area contributed by atoms with Crippen LogP contribution in [-0.2, 0) is 14.8 Å². The average molecular weight is 429 g/mol. The second-order valence-corrected chi connectivity index (χ2v) is 8.94. The second kappa shape index (κ2) is 7.57. The van der Waals surface area contributed by atoms with Crippen LogP contribution in [0.25, 0.3) is 0 Å². The van der Waals surface area contributed by atoms with Gasteiger partial charge in [0.05, 0.1) is 16.9 Å². The van der Waals surface area contributed by atoms with Gasteiger partial charge in [-0.2, -0.15) is 0 Å². The Labute approximate surface area is 170 Å². The number of hydrogen-bond acceptors (Lipinski definition) is 6. The zero-order valence-electron chi connectivity index (χ0n) is 14.8. The van der Waals surface area contributed by atoms with E-state index >= 15 is 0 Å². The zero-order valence-corrected chi connectivity index (χ0v) is 16.5. The Bertz CT molecular complexity index is 1190. The monoisotopic (exact) mass is 429 g/mol. The number of fused-ring (bicyclic) bond motifs is 1. The van der Waals surface area contributed by atoms with E-state index in [9.17, 15) is 18.0 Å². The summed E-state index contributed by atoms with van der Waals surface area (Å²) in [6.45, 7) is -0.0591. The van der Waals surface area contributed by atoms with Crippen LogP contribution in [0.2, 0.25) is 0 Å². The number of para-hydroxylation sites is 1. The van der Waals surface area contributed by atoms with Crippen LogP contribution >= 0.6 is 11.3 Å². The predicted molar refractivity (Wildman–Crippen MR) is 110 cm³/mol. The Morgan fingerprint density at radius 3 is 2.72 bits per heavy atom. The van der Waals surface area contributed by atoms with Crippen LogP contribution in [0.15, 0.2) is 64.2 Å². The fraction of sp³-hybridized carbons (Fsp3) is 0.0526. The lowest BCUT2D eigenvalue weighted by molar-refractivity contribution is -0.118. The number of carbonyl (C=O) groups is 2. The topological polar surface area (TPSA) is 114 Å². The summed E-state index contributed by atoms with van der Waals surface area (Å²) in [7, 11) is -3.79. The molecule has 2 heterocycles. The van der Waals surface area contributed by atoms with Crippen molar-refractivity contribution in [3.8, 4) is 5.75 Å². The average Bonchev–Trinajstić information content (AvgIpc) is 3.23. The molecule has 0 saturated heterocycles. The van der Waals surface area contributed by atoms with Gasteiger partial charge in [-0.15, -0.1) is 11.3 Å². The lowest BCUT2D eigenvalue weighted by Crippen LogP contribution is -2.25. The molecule has 1 aliphatic rings. The first-order valence-electron chi connectivity index (χ1n) is 8.46. The Balaban J connectivity index is 1.57. The summed E-state index contributed by atoms with van der Waals surface area (Å²) in [6, 6.07) is 14.3. The first-order chi connectivity index (χ1) is 13.9. The van der Waals surface area contributed by atoms with Gasteiger partial charge in [-0.05, 0) is 41.8 Å². The lowest BCUT2D eigenvalue weighted by atomic mass is 10.1. The maximum atomic E-state index is 12.8. The Hall–Kier alpha value is -3.37. The molecule has 2 amide bonds. The molecule has 29 heavy (non-hydrogen) atoms. The van der Waals surface area contributed by atoms with E-state index in [1.165, 1.54) is 18.2 Å². The quantitative estimate of drug-likeness (QED) is 0.577. The third kappa shape index (κ3) is 4.08. The second-order valence-electron chi connectivity index (χ2n) is 6.09. The van der Waals surface area contributed by atoms with E-state index in [4.69, 9.17) is 4.74 Å². The summed E-state index contributed by atoms with van der Waals surface area (Å²) in [5.74, 6) is -0.279. The van der Waals surface area contributed by atoms with Crippen LogP contribution < -0.4 is 20.1 Å². The number of nitrogens with one attached hydrogen (secondary N) is 3. The van der Waals surface area contributed by atoms with Gasteiger partial charge in [-0.25, -0.2) is 8.42 Å². The number of ether oxygens (including phenoxy) is 1. The zero-order chi connectivity index (χ0) is 20.4. The van der Waals surface area contributed by atoms with Crippen molar-refractivity contribution < 1.29 is 22.7 Å². The number of carbonyl (C=O) groups excluding carboxylic acids is 2. The van der Waals surface area contributed by atoms with Gasteiger partial charge in [-0.1, -0.05) is 18.2 Å². The van der Waals surface area contributed by atoms with E-state index in [0.29, 0.717) is 17.1 Å². The molecule has 3 aromatic rings. The van der Waals surface area contributed by atoms with Crippen molar-refractivity contribution in [2.75, 3.05) is 22.0 Å². The minimum atomic E-state index is -3.79. The van der Waals surface area contributed by atoms with Gasteiger partial charge in [0.25, 0.3) is 21.8 Å². The Kier molecular flexibility index (Phi) is 4.95. The summed E-state index contributed by atoms with van der Waals surface area (Å²) in [4.78, 5) is 24.2. The Morgan fingerprint density at radius 1 is 1.10 bits per heavy atom. The molecule has 0 bridgehead atoms. The molecule has 3 N–H and O–H groups in total. The largest absolute Gasteiger partial charge is 0.482 e. The number of hydrogen-bond donors (Lipinski definition) is 3. The molecule has 1 aromatic heterocycles. The van der Waals surface area contributed by atoms with Crippen LogP contribution in [0.4, 0.5) is 17.1 Å². The molecule has 0 unspecified atom stereocenters. The molecule has 8 nitrogen and oxygen atoms in total. The van der Waals surface area contributed by atoms with E-state index in [0.717, 1.165) is 11.3 Å². The SMILES string of the molecule is O=C1COc2ccc(NC(=O)c3ccccc3NS(=O)(=O)c3cccs3)cc2N1. The fourth-order valence-electron chi connectivity index (χ4n) is 2.74. The third-order valence-corrected chi connectivity index (χ3v) is 6.81. The summed E-state index contributed by atoms with van der Waals surface area (Å²) >= 11 is 1.08. The molecule has 4 rings (SSSR count). The van der Waals surface area contributed by atoms with Gasteiger partial charge >= 0.3 is 0 Å². The molecule has 0 radical (unpaired) electrons. The molecule has 0 fully saturated rings. The molecular formula is C19H15N3O5S2. The number of rotatable bonds is 5. The van der Waals surface area contributed by atoms with Gasteiger partial charge in [-0.3, -0.25) is 14.3 Å². The molecule has 2 aromatic carbocycles. The van der Waals surface area contributed by atoms with Gasteiger partial charge < -0.3 is 15.4 Å². The van der Waals surface area contributed by atoms with Crippen molar-refractivity contribution in [3.63, 3.8) is 0 Å². The van der Waals surface area contributed by atoms with Crippen molar-refractivity contribution >= 4 is 50.2 Å². The van der Waals surface area contributed by atoms with Crippen molar-refractivity contribution in [2.24, 2.45) is 0 Å². The molecule has 0 aliphatic carbocycles. The van der Waals surface area contributed by atoms with Crippen LogP contribution in [0.5, 0.6) is 5.75 Å². The number of sulfonamides is 1. The van der Waals surface area contributed by atoms with Crippen molar-refractivity contribution in [2.45, 2.75) is 4.21 Å². The van der Waals surface area contributed by atoms with Gasteiger partial charge in [0.1, 0.15) is 9.96 Å². The molecule has 148 valence electrons. The summed E-state index contributed by atoms with van der Waals surface area (Å²) < 4.78 is 32.9. The van der Waals surface area contributed by atoms with Crippen LogP contribution in [-0.4, -0.2) is 26.8 Å². The Morgan fingerprint density at radius 2 is 1.93 bits per heavy atom. The highest BCUT2D eigenvalue weighted by atomic mass is 32.2. The van der Waals surface area contributed by atoms with Crippen LogP contribution in [0, 0.1) is 0 Å². The van der Waals surface area contributed by atoms with E-state index in [2.05, 4.69) is 15.4 Å².